The second-order valence-corrected chi connectivity index (χ2v) is 5.77. The predicted molar refractivity (Wildman–Crippen MR) is 86.0 cm³/mol. The molecule has 0 unspecified atom stereocenters. The molecule has 0 atom stereocenters. The summed E-state index contributed by atoms with van der Waals surface area (Å²) in [5.41, 5.74) is 3.30. The van der Waals surface area contributed by atoms with E-state index >= 15 is 0 Å². The van der Waals surface area contributed by atoms with Crippen molar-refractivity contribution in [2.24, 2.45) is 0 Å². The molecule has 0 bridgehead atoms. The molecule has 0 saturated carbocycles. The van der Waals surface area contributed by atoms with Gasteiger partial charge in [-0.1, -0.05) is 45.8 Å². The van der Waals surface area contributed by atoms with Crippen molar-refractivity contribution in [2.45, 2.75) is 19.8 Å². The number of amides is 1. The molecule has 0 aliphatic rings. The topological polar surface area (TPSA) is 29.1 Å². The Hall–Kier alpha value is -1.61. The van der Waals surface area contributed by atoms with Crippen LogP contribution in [0.25, 0.3) is 0 Å². The van der Waals surface area contributed by atoms with Gasteiger partial charge < -0.3 is 5.32 Å². The third-order valence-electron chi connectivity index (χ3n) is 3.12. The van der Waals surface area contributed by atoms with Gasteiger partial charge in [0.1, 0.15) is 0 Å². The minimum absolute atomic E-state index is 0.0123. The fourth-order valence-corrected chi connectivity index (χ4v) is 2.33. The average Bonchev–Trinajstić information content (AvgIpc) is 2.44. The van der Waals surface area contributed by atoms with Gasteiger partial charge in [0.2, 0.25) is 0 Å². The number of rotatable bonds is 5. The monoisotopic (exact) mass is 331 g/mol. The second-order valence-electron chi connectivity index (χ2n) is 4.86. The van der Waals surface area contributed by atoms with Gasteiger partial charge in [-0.05, 0) is 49.6 Å². The third kappa shape index (κ3) is 4.49. The molecule has 0 radical (unpaired) electrons. The minimum atomic E-state index is -0.0123. The van der Waals surface area contributed by atoms with Gasteiger partial charge in [-0.15, -0.1) is 0 Å². The summed E-state index contributed by atoms with van der Waals surface area (Å²) in [7, 11) is 0. The zero-order chi connectivity index (χ0) is 14.4. The standard InChI is InChI=1S/C17H18BrNO/c1-13-4-2-5-14(12-13)6-3-11-19-17(20)15-7-9-16(18)10-8-15/h2,4-5,7-10,12H,3,6,11H2,1H3,(H,19,20). The van der Waals surface area contributed by atoms with Crippen LogP contribution in [0.15, 0.2) is 53.0 Å². The molecule has 2 aromatic carbocycles. The van der Waals surface area contributed by atoms with E-state index in [4.69, 9.17) is 0 Å². The highest BCUT2D eigenvalue weighted by Gasteiger charge is 2.04. The molecule has 104 valence electrons. The number of benzene rings is 2. The molecule has 0 fully saturated rings. The lowest BCUT2D eigenvalue weighted by atomic mass is 10.1. The van der Waals surface area contributed by atoms with E-state index in [2.05, 4.69) is 52.4 Å². The Morgan fingerprint density at radius 2 is 1.90 bits per heavy atom. The number of halogens is 1. The molecule has 2 rings (SSSR count). The quantitative estimate of drug-likeness (QED) is 0.820. The predicted octanol–water partition coefficient (Wildman–Crippen LogP) is 4.12. The zero-order valence-electron chi connectivity index (χ0n) is 11.5. The molecule has 3 heteroatoms. The fourth-order valence-electron chi connectivity index (χ4n) is 2.07. The summed E-state index contributed by atoms with van der Waals surface area (Å²) in [5.74, 6) is -0.0123. The molecule has 0 heterocycles. The Labute approximate surface area is 128 Å². The van der Waals surface area contributed by atoms with Crippen LogP contribution in [0, 0.1) is 6.92 Å². The lowest BCUT2D eigenvalue weighted by molar-refractivity contribution is 0.0953. The van der Waals surface area contributed by atoms with Crippen molar-refractivity contribution < 1.29 is 4.79 Å². The van der Waals surface area contributed by atoms with E-state index in [9.17, 15) is 4.79 Å². The maximum atomic E-state index is 11.9. The summed E-state index contributed by atoms with van der Waals surface area (Å²) < 4.78 is 0.980. The Balaban J connectivity index is 1.76. The van der Waals surface area contributed by atoms with Crippen molar-refractivity contribution in [1.29, 1.82) is 0 Å². The SMILES string of the molecule is Cc1cccc(CCCNC(=O)c2ccc(Br)cc2)c1. The molecule has 0 aliphatic heterocycles. The van der Waals surface area contributed by atoms with Gasteiger partial charge in [0, 0.05) is 16.6 Å². The summed E-state index contributed by atoms with van der Waals surface area (Å²) in [6.07, 6.45) is 1.94. The molecule has 0 spiro atoms. The fraction of sp³-hybridized carbons (Fsp3) is 0.235. The van der Waals surface area contributed by atoms with Gasteiger partial charge in [-0.3, -0.25) is 4.79 Å². The Morgan fingerprint density at radius 3 is 2.60 bits per heavy atom. The molecule has 20 heavy (non-hydrogen) atoms. The van der Waals surface area contributed by atoms with Crippen LogP contribution in [-0.4, -0.2) is 12.5 Å². The number of hydrogen-bond donors (Lipinski definition) is 1. The Kier molecular flexibility index (Phi) is 5.36. The molecule has 2 aromatic rings. The van der Waals surface area contributed by atoms with Crippen molar-refractivity contribution in [3.63, 3.8) is 0 Å². The largest absolute Gasteiger partial charge is 0.352 e. The van der Waals surface area contributed by atoms with E-state index in [1.807, 2.05) is 24.3 Å². The highest BCUT2D eigenvalue weighted by atomic mass is 79.9. The van der Waals surface area contributed by atoms with Crippen LogP contribution in [0.5, 0.6) is 0 Å². The maximum absolute atomic E-state index is 11.9. The smallest absolute Gasteiger partial charge is 0.251 e. The maximum Gasteiger partial charge on any atom is 0.251 e. The molecular weight excluding hydrogens is 314 g/mol. The highest BCUT2D eigenvalue weighted by Crippen LogP contribution is 2.10. The Bertz CT molecular complexity index is 578. The van der Waals surface area contributed by atoms with Crippen LogP contribution in [0.2, 0.25) is 0 Å². The van der Waals surface area contributed by atoms with E-state index < -0.39 is 0 Å². The zero-order valence-corrected chi connectivity index (χ0v) is 13.1. The first kappa shape index (κ1) is 14.8. The van der Waals surface area contributed by atoms with Gasteiger partial charge in [-0.25, -0.2) is 0 Å². The first-order valence-corrected chi connectivity index (χ1v) is 7.54. The lowest BCUT2D eigenvalue weighted by Gasteiger charge is -2.06. The molecule has 1 amide bonds. The second kappa shape index (κ2) is 7.25. The van der Waals surface area contributed by atoms with Crippen LogP contribution in [-0.2, 0) is 6.42 Å². The van der Waals surface area contributed by atoms with E-state index in [-0.39, 0.29) is 5.91 Å². The normalized spacial score (nSPS) is 10.3. The van der Waals surface area contributed by atoms with Crippen molar-refractivity contribution in [2.75, 3.05) is 6.54 Å². The van der Waals surface area contributed by atoms with Gasteiger partial charge in [0.25, 0.3) is 5.91 Å². The van der Waals surface area contributed by atoms with Crippen LogP contribution in [0.4, 0.5) is 0 Å². The Morgan fingerprint density at radius 1 is 1.15 bits per heavy atom. The molecular formula is C17H18BrNO. The summed E-state index contributed by atoms with van der Waals surface area (Å²) in [4.78, 5) is 11.9. The van der Waals surface area contributed by atoms with Crippen LogP contribution >= 0.6 is 15.9 Å². The third-order valence-corrected chi connectivity index (χ3v) is 3.65. The first-order valence-electron chi connectivity index (χ1n) is 6.74. The van der Waals surface area contributed by atoms with E-state index in [1.165, 1.54) is 11.1 Å². The number of carbonyl (C=O) groups is 1. The summed E-state index contributed by atoms with van der Waals surface area (Å²) in [6, 6.07) is 15.9. The number of aryl methyl sites for hydroxylation is 2. The molecule has 1 N–H and O–H groups in total. The first-order chi connectivity index (χ1) is 9.65. The van der Waals surface area contributed by atoms with Crippen molar-refractivity contribution in [1.82, 2.24) is 5.32 Å². The van der Waals surface area contributed by atoms with E-state index in [1.54, 1.807) is 0 Å². The molecule has 0 aliphatic carbocycles. The highest BCUT2D eigenvalue weighted by molar-refractivity contribution is 9.10. The number of nitrogens with one attached hydrogen (secondary N) is 1. The van der Waals surface area contributed by atoms with Crippen molar-refractivity contribution in [3.8, 4) is 0 Å². The van der Waals surface area contributed by atoms with Gasteiger partial charge in [-0.2, -0.15) is 0 Å². The van der Waals surface area contributed by atoms with Gasteiger partial charge >= 0.3 is 0 Å². The minimum Gasteiger partial charge on any atom is -0.352 e. The molecule has 2 nitrogen and oxygen atoms in total. The van der Waals surface area contributed by atoms with Crippen molar-refractivity contribution in [3.05, 3.63) is 69.7 Å². The van der Waals surface area contributed by atoms with Crippen LogP contribution in [0.1, 0.15) is 27.9 Å². The molecule has 0 saturated heterocycles. The van der Waals surface area contributed by atoms with Crippen LogP contribution < -0.4 is 5.32 Å². The number of carbonyl (C=O) groups excluding carboxylic acids is 1. The average molecular weight is 332 g/mol. The number of hydrogen-bond acceptors (Lipinski definition) is 1. The van der Waals surface area contributed by atoms with Crippen molar-refractivity contribution >= 4 is 21.8 Å². The summed E-state index contributed by atoms with van der Waals surface area (Å²) in [5, 5.41) is 2.95. The lowest BCUT2D eigenvalue weighted by Crippen LogP contribution is -2.24. The van der Waals surface area contributed by atoms with Crippen LogP contribution in [0.3, 0.4) is 0 Å². The van der Waals surface area contributed by atoms with Gasteiger partial charge in [0.15, 0.2) is 0 Å². The van der Waals surface area contributed by atoms with Gasteiger partial charge in [0.05, 0.1) is 0 Å². The van der Waals surface area contributed by atoms with E-state index in [0.717, 1.165) is 17.3 Å². The summed E-state index contributed by atoms with van der Waals surface area (Å²) in [6.45, 7) is 2.79. The molecule has 0 aromatic heterocycles. The van der Waals surface area contributed by atoms with E-state index in [0.29, 0.717) is 12.1 Å². The summed E-state index contributed by atoms with van der Waals surface area (Å²) >= 11 is 3.36.